The Morgan fingerprint density at radius 1 is 1.23 bits per heavy atom. The molecule has 1 atom stereocenters. The van der Waals surface area contributed by atoms with Crippen LogP contribution < -0.4 is 10.6 Å². The minimum atomic E-state index is 0.379. The van der Waals surface area contributed by atoms with E-state index in [9.17, 15) is 0 Å². The smallest absolute Gasteiger partial charge is 0.0301 e. The predicted octanol–water partition coefficient (Wildman–Crippen LogP) is 1.91. The fraction of sp³-hybridized carbons (Fsp3) is 1.00. The SMILES string of the molecule is CCCC1CNC(CC)(CC)CN1. The van der Waals surface area contributed by atoms with Crippen LogP contribution in [0.2, 0.25) is 0 Å². The van der Waals surface area contributed by atoms with E-state index in [1.54, 1.807) is 0 Å². The zero-order chi connectivity index (χ0) is 9.73. The molecule has 0 radical (unpaired) electrons. The number of piperazine rings is 1. The number of hydrogen-bond acceptors (Lipinski definition) is 2. The first-order chi connectivity index (χ1) is 6.26. The van der Waals surface area contributed by atoms with Crippen LogP contribution in [-0.2, 0) is 0 Å². The summed E-state index contributed by atoms with van der Waals surface area (Å²) in [5.74, 6) is 0. The van der Waals surface area contributed by atoms with Crippen LogP contribution in [0.3, 0.4) is 0 Å². The second-order valence-corrected chi connectivity index (χ2v) is 4.23. The van der Waals surface area contributed by atoms with Gasteiger partial charge in [-0.3, -0.25) is 0 Å². The first-order valence-electron chi connectivity index (χ1n) is 5.74. The molecule has 0 aromatic heterocycles. The molecule has 0 aromatic carbocycles. The Hall–Kier alpha value is -0.0800. The molecule has 1 heterocycles. The van der Waals surface area contributed by atoms with Crippen LogP contribution in [0, 0.1) is 0 Å². The standard InChI is InChI=1S/C11H24N2/c1-4-7-10-8-13-11(5-2,6-3)9-12-10/h10,12-13H,4-9H2,1-3H3. The van der Waals surface area contributed by atoms with E-state index in [4.69, 9.17) is 0 Å². The summed E-state index contributed by atoms with van der Waals surface area (Å²) in [7, 11) is 0. The highest BCUT2D eigenvalue weighted by Gasteiger charge is 2.30. The summed E-state index contributed by atoms with van der Waals surface area (Å²) in [5.41, 5.74) is 0.379. The summed E-state index contributed by atoms with van der Waals surface area (Å²) < 4.78 is 0. The van der Waals surface area contributed by atoms with Gasteiger partial charge in [-0.05, 0) is 19.3 Å². The summed E-state index contributed by atoms with van der Waals surface area (Å²) in [6.45, 7) is 9.10. The molecule has 1 fully saturated rings. The van der Waals surface area contributed by atoms with Crippen LogP contribution in [-0.4, -0.2) is 24.7 Å². The molecule has 1 rings (SSSR count). The van der Waals surface area contributed by atoms with E-state index in [1.807, 2.05) is 0 Å². The molecule has 1 saturated heterocycles. The maximum Gasteiger partial charge on any atom is 0.0301 e. The van der Waals surface area contributed by atoms with Crippen molar-refractivity contribution in [3.05, 3.63) is 0 Å². The average Bonchev–Trinajstić information content (AvgIpc) is 2.20. The van der Waals surface area contributed by atoms with E-state index >= 15 is 0 Å². The number of nitrogens with one attached hydrogen (secondary N) is 2. The monoisotopic (exact) mass is 184 g/mol. The van der Waals surface area contributed by atoms with Crippen LogP contribution in [0.25, 0.3) is 0 Å². The molecule has 1 unspecified atom stereocenters. The average molecular weight is 184 g/mol. The van der Waals surface area contributed by atoms with Crippen LogP contribution in [0.5, 0.6) is 0 Å². The second-order valence-electron chi connectivity index (χ2n) is 4.23. The lowest BCUT2D eigenvalue weighted by Crippen LogP contribution is -2.62. The maximum absolute atomic E-state index is 3.70. The predicted molar refractivity (Wildman–Crippen MR) is 58.0 cm³/mol. The van der Waals surface area contributed by atoms with Crippen molar-refractivity contribution in [2.24, 2.45) is 0 Å². The Kier molecular flexibility index (Phi) is 4.20. The van der Waals surface area contributed by atoms with Gasteiger partial charge in [0.15, 0.2) is 0 Å². The molecule has 0 saturated carbocycles. The highest BCUT2D eigenvalue weighted by atomic mass is 15.1. The quantitative estimate of drug-likeness (QED) is 0.697. The molecule has 1 aliphatic rings. The topological polar surface area (TPSA) is 24.1 Å². The van der Waals surface area contributed by atoms with Gasteiger partial charge >= 0.3 is 0 Å². The molecule has 2 heteroatoms. The van der Waals surface area contributed by atoms with Crippen molar-refractivity contribution in [1.82, 2.24) is 10.6 Å². The van der Waals surface area contributed by atoms with Gasteiger partial charge in [-0.25, -0.2) is 0 Å². The zero-order valence-corrected chi connectivity index (χ0v) is 9.32. The summed E-state index contributed by atoms with van der Waals surface area (Å²) in [6, 6.07) is 0.705. The van der Waals surface area contributed by atoms with E-state index < -0.39 is 0 Å². The largest absolute Gasteiger partial charge is 0.311 e. The minimum absolute atomic E-state index is 0.379. The molecule has 0 aliphatic carbocycles. The van der Waals surface area contributed by atoms with Crippen molar-refractivity contribution < 1.29 is 0 Å². The third-order valence-corrected chi connectivity index (χ3v) is 3.44. The highest BCUT2D eigenvalue weighted by Crippen LogP contribution is 2.17. The molecule has 2 N–H and O–H groups in total. The Morgan fingerprint density at radius 2 is 1.92 bits per heavy atom. The first kappa shape index (κ1) is 11.0. The number of rotatable bonds is 4. The van der Waals surface area contributed by atoms with Crippen LogP contribution in [0.1, 0.15) is 46.5 Å². The molecule has 2 nitrogen and oxygen atoms in total. The molecular weight excluding hydrogens is 160 g/mol. The number of hydrogen-bond donors (Lipinski definition) is 2. The normalized spacial score (nSPS) is 27.5. The fourth-order valence-electron chi connectivity index (χ4n) is 2.12. The van der Waals surface area contributed by atoms with Gasteiger partial charge in [-0.1, -0.05) is 27.2 Å². The van der Waals surface area contributed by atoms with Crippen molar-refractivity contribution in [3.8, 4) is 0 Å². The lowest BCUT2D eigenvalue weighted by molar-refractivity contribution is 0.214. The van der Waals surface area contributed by atoms with Gasteiger partial charge in [0, 0.05) is 24.7 Å². The van der Waals surface area contributed by atoms with E-state index in [-0.39, 0.29) is 0 Å². The van der Waals surface area contributed by atoms with Gasteiger partial charge in [0.25, 0.3) is 0 Å². The van der Waals surface area contributed by atoms with E-state index in [1.165, 1.54) is 25.7 Å². The molecule has 0 bridgehead atoms. The second kappa shape index (κ2) is 4.97. The molecule has 1 aliphatic heterocycles. The zero-order valence-electron chi connectivity index (χ0n) is 9.32. The van der Waals surface area contributed by atoms with Crippen molar-refractivity contribution in [2.45, 2.75) is 58.0 Å². The summed E-state index contributed by atoms with van der Waals surface area (Å²) in [4.78, 5) is 0. The van der Waals surface area contributed by atoms with Crippen LogP contribution in [0.15, 0.2) is 0 Å². The lowest BCUT2D eigenvalue weighted by Gasteiger charge is -2.41. The van der Waals surface area contributed by atoms with Gasteiger partial charge in [-0.15, -0.1) is 0 Å². The third-order valence-electron chi connectivity index (χ3n) is 3.44. The molecule has 78 valence electrons. The molecule has 0 aromatic rings. The lowest BCUT2D eigenvalue weighted by atomic mass is 9.89. The first-order valence-corrected chi connectivity index (χ1v) is 5.74. The van der Waals surface area contributed by atoms with Crippen molar-refractivity contribution in [1.29, 1.82) is 0 Å². The Balaban J connectivity index is 2.36. The van der Waals surface area contributed by atoms with Gasteiger partial charge in [0.1, 0.15) is 0 Å². The van der Waals surface area contributed by atoms with Gasteiger partial charge in [0.2, 0.25) is 0 Å². The molecule has 0 amide bonds. The van der Waals surface area contributed by atoms with E-state index in [0.29, 0.717) is 11.6 Å². The molecular formula is C11H24N2. The van der Waals surface area contributed by atoms with Crippen molar-refractivity contribution in [2.75, 3.05) is 13.1 Å². The Bertz CT molecular complexity index is 131. The van der Waals surface area contributed by atoms with E-state index in [2.05, 4.69) is 31.4 Å². The molecule has 0 spiro atoms. The van der Waals surface area contributed by atoms with Gasteiger partial charge in [-0.2, -0.15) is 0 Å². The van der Waals surface area contributed by atoms with Gasteiger partial charge < -0.3 is 10.6 Å². The molecule has 13 heavy (non-hydrogen) atoms. The van der Waals surface area contributed by atoms with Crippen molar-refractivity contribution in [3.63, 3.8) is 0 Å². The van der Waals surface area contributed by atoms with E-state index in [0.717, 1.165) is 13.1 Å². The maximum atomic E-state index is 3.70. The Morgan fingerprint density at radius 3 is 2.31 bits per heavy atom. The van der Waals surface area contributed by atoms with Crippen LogP contribution in [0.4, 0.5) is 0 Å². The highest BCUT2D eigenvalue weighted by molar-refractivity contribution is 4.94. The van der Waals surface area contributed by atoms with Crippen molar-refractivity contribution >= 4 is 0 Å². The summed E-state index contributed by atoms with van der Waals surface area (Å²) in [5, 5.41) is 7.35. The third kappa shape index (κ3) is 2.68. The van der Waals surface area contributed by atoms with Crippen LogP contribution >= 0.6 is 0 Å². The minimum Gasteiger partial charge on any atom is -0.311 e. The summed E-state index contributed by atoms with van der Waals surface area (Å²) >= 11 is 0. The summed E-state index contributed by atoms with van der Waals surface area (Å²) in [6.07, 6.45) is 5.05. The van der Waals surface area contributed by atoms with Gasteiger partial charge in [0.05, 0.1) is 0 Å². The fourth-order valence-corrected chi connectivity index (χ4v) is 2.12. The Labute approximate surface area is 82.5 Å².